The smallest absolute Gasteiger partial charge is 0.237 e. The number of nitrogens with one attached hydrogen (secondary N) is 1. The molecule has 2 aliphatic rings. The summed E-state index contributed by atoms with van der Waals surface area (Å²) in [6, 6.07) is 1.08. The van der Waals surface area contributed by atoms with Crippen molar-refractivity contribution in [2.45, 2.75) is 77.4 Å². The van der Waals surface area contributed by atoms with E-state index in [-0.39, 0.29) is 17.9 Å². The maximum Gasteiger partial charge on any atom is 0.237 e. The lowest BCUT2D eigenvalue weighted by Gasteiger charge is -2.40. The van der Waals surface area contributed by atoms with Crippen LogP contribution in [0.3, 0.4) is 0 Å². The molecular weight excluding hydrogens is 238 g/mol. The van der Waals surface area contributed by atoms with Gasteiger partial charge < -0.3 is 5.73 Å². The fourth-order valence-corrected chi connectivity index (χ4v) is 3.46. The zero-order chi connectivity index (χ0) is 14.0. The zero-order valence-electron chi connectivity index (χ0n) is 12.6. The van der Waals surface area contributed by atoms with E-state index in [4.69, 9.17) is 5.73 Å². The maximum absolute atomic E-state index is 12.4. The van der Waals surface area contributed by atoms with Gasteiger partial charge >= 0.3 is 0 Å². The molecule has 2 fully saturated rings. The molecule has 0 aromatic rings. The summed E-state index contributed by atoms with van der Waals surface area (Å²) < 4.78 is 0. The molecule has 1 aliphatic heterocycles. The molecule has 1 saturated heterocycles. The molecule has 19 heavy (non-hydrogen) atoms. The van der Waals surface area contributed by atoms with Gasteiger partial charge in [-0.2, -0.15) is 0 Å². The molecule has 4 heteroatoms. The molecule has 1 amide bonds. The van der Waals surface area contributed by atoms with Crippen LogP contribution in [-0.4, -0.2) is 29.0 Å². The topological polar surface area (TPSA) is 58.4 Å². The van der Waals surface area contributed by atoms with Crippen LogP contribution in [0, 0.1) is 11.8 Å². The normalized spacial score (nSPS) is 40.9. The van der Waals surface area contributed by atoms with Crippen molar-refractivity contribution in [2.75, 3.05) is 0 Å². The fraction of sp³-hybridized carbons (Fsp3) is 0.933. The highest BCUT2D eigenvalue weighted by Crippen LogP contribution is 2.28. The first-order valence-electron chi connectivity index (χ1n) is 7.83. The van der Waals surface area contributed by atoms with Crippen molar-refractivity contribution in [3.8, 4) is 0 Å². The number of hydrazine groups is 1. The van der Waals surface area contributed by atoms with Gasteiger partial charge in [-0.1, -0.05) is 13.3 Å². The predicted octanol–water partition coefficient (Wildman–Crippen LogP) is 2.04. The molecule has 4 nitrogen and oxygen atoms in total. The Labute approximate surface area is 117 Å². The third-order valence-corrected chi connectivity index (χ3v) is 5.06. The molecule has 1 heterocycles. The molecule has 0 aromatic heterocycles. The van der Waals surface area contributed by atoms with E-state index in [2.05, 4.69) is 31.2 Å². The standard InChI is InChI=1S/C15H29N3O/c1-10-7-8-13(9-14(10)16)15(19)17-18-11(2)5-4-6-12(18)3/h10-14H,4-9,16H2,1-3H3,(H,17,19). The summed E-state index contributed by atoms with van der Waals surface area (Å²) in [4.78, 5) is 12.4. The van der Waals surface area contributed by atoms with Crippen LogP contribution in [0.25, 0.3) is 0 Å². The number of carbonyl (C=O) groups is 1. The van der Waals surface area contributed by atoms with E-state index in [0.29, 0.717) is 18.0 Å². The first kappa shape index (κ1) is 14.8. The highest BCUT2D eigenvalue weighted by Gasteiger charge is 2.32. The van der Waals surface area contributed by atoms with Crippen molar-refractivity contribution in [1.82, 2.24) is 10.4 Å². The molecule has 0 bridgehead atoms. The number of nitrogens with two attached hydrogens (primary N) is 1. The quantitative estimate of drug-likeness (QED) is 0.805. The average Bonchev–Trinajstić information content (AvgIpc) is 2.37. The van der Waals surface area contributed by atoms with Gasteiger partial charge in [-0.25, -0.2) is 5.01 Å². The van der Waals surface area contributed by atoms with E-state index < -0.39 is 0 Å². The Morgan fingerprint density at radius 1 is 1.11 bits per heavy atom. The van der Waals surface area contributed by atoms with Gasteiger partial charge in [-0.05, 0) is 51.9 Å². The molecule has 0 aromatic carbocycles. The van der Waals surface area contributed by atoms with E-state index in [0.717, 1.165) is 19.3 Å². The van der Waals surface area contributed by atoms with Gasteiger partial charge in [0.25, 0.3) is 0 Å². The van der Waals surface area contributed by atoms with Crippen LogP contribution in [0.4, 0.5) is 0 Å². The van der Waals surface area contributed by atoms with Gasteiger partial charge in [0.15, 0.2) is 0 Å². The van der Waals surface area contributed by atoms with Crippen molar-refractivity contribution in [3.05, 3.63) is 0 Å². The van der Waals surface area contributed by atoms with Crippen LogP contribution in [0.5, 0.6) is 0 Å². The molecule has 0 radical (unpaired) electrons. The Bertz CT molecular complexity index is 311. The van der Waals surface area contributed by atoms with Crippen molar-refractivity contribution in [1.29, 1.82) is 0 Å². The van der Waals surface area contributed by atoms with Crippen LogP contribution < -0.4 is 11.2 Å². The minimum Gasteiger partial charge on any atom is -0.327 e. The number of rotatable bonds is 2. The van der Waals surface area contributed by atoms with Crippen molar-refractivity contribution in [3.63, 3.8) is 0 Å². The summed E-state index contributed by atoms with van der Waals surface area (Å²) in [5.41, 5.74) is 9.26. The molecule has 110 valence electrons. The van der Waals surface area contributed by atoms with Gasteiger partial charge in [0.05, 0.1) is 0 Å². The Morgan fingerprint density at radius 2 is 1.74 bits per heavy atom. The number of hydrogen-bond donors (Lipinski definition) is 2. The molecule has 3 N–H and O–H groups in total. The fourth-order valence-electron chi connectivity index (χ4n) is 3.46. The van der Waals surface area contributed by atoms with E-state index in [1.165, 1.54) is 19.3 Å². The minimum absolute atomic E-state index is 0.104. The second kappa shape index (κ2) is 6.23. The summed E-state index contributed by atoms with van der Waals surface area (Å²) in [5.74, 6) is 0.840. The lowest BCUT2D eigenvalue weighted by Crippen LogP contribution is -2.56. The molecule has 0 spiro atoms. The Hall–Kier alpha value is -0.610. The predicted molar refractivity (Wildman–Crippen MR) is 77.2 cm³/mol. The largest absolute Gasteiger partial charge is 0.327 e. The van der Waals surface area contributed by atoms with Crippen LogP contribution in [0.1, 0.15) is 59.3 Å². The van der Waals surface area contributed by atoms with Crippen LogP contribution in [0.15, 0.2) is 0 Å². The highest BCUT2D eigenvalue weighted by molar-refractivity contribution is 5.78. The molecule has 5 atom stereocenters. The first-order chi connectivity index (χ1) is 8.99. The van der Waals surface area contributed by atoms with Crippen molar-refractivity contribution < 1.29 is 4.79 Å². The summed E-state index contributed by atoms with van der Waals surface area (Å²) in [5, 5.41) is 2.16. The molecule has 5 unspecified atom stereocenters. The van der Waals surface area contributed by atoms with E-state index in [9.17, 15) is 4.79 Å². The SMILES string of the molecule is CC1CCC(C(=O)NN2C(C)CCCC2C)CC1N. The van der Waals surface area contributed by atoms with Crippen molar-refractivity contribution in [2.24, 2.45) is 17.6 Å². The number of carbonyl (C=O) groups excluding carboxylic acids is 1. The summed E-state index contributed by atoms with van der Waals surface area (Å²) in [6.07, 6.45) is 6.50. The third kappa shape index (κ3) is 3.48. The Balaban J connectivity index is 1.89. The van der Waals surface area contributed by atoms with E-state index in [1.807, 2.05) is 0 Å². The maximum atomic E-state index is 12.4. The summed E-state index contributed by atoms with van der Waals surface area (Å²) in [7, 11) is 0. The number of nitrogens with zero attached hydrogens (tertiary/aromatic N) is 1. The molecule has 1 aliphatic carbocycles. The van der Waals surface area contributed by atoms with Gasteiger partial charge in [0.2, 0.25) is 5.91 Å². The lowest BCUT2D eigenvalue weighted by atomic mass is 9.79. The van der Waals surface area contributed by atoms with Crippen molar-refractivity contribution >= 4 is 5.91 Å². The first-order valence-corrected chi connectivity index (χ1v) is 7.83. The summed E-state index contributed by atoms with van der Waals surface area (Å²) in [6.45, 7) is 6.59. The second-order valence-corrected chi connectivity index (χ2v) is 6.66. The van der Waals surface area contributed by atoms with E-state index >= 15 is 0 Å². The lowest BCUT2D eigenvalue weighted by molar-refractivity contribution is -0.134. The highest BCUT2D eigenvalue weighted by atomic mass is 16.2. The second-order valence-electron chi connectivity index (χ2n) is 6.66. The number of amides is 1. The van der Waals surface area contributed by atoms with Gasteiger partial charge in [0, 0.05) is 24.0 Å². The zero-order valence-corrected chi connectivity index (χ0v) is 12.6. The minimum atomic E-state index is 0.104. The van der Waals surface area contributed by atoms with Crippen LogP contribution in [-0.2, 0) is 4.79 Å². The molecule has 2 rings (SSSR count). The van der Waals surface area contributed by atoms with Gasteiger partial charge in [0.1, 0.15) is 0 Å². The van der Waals surface area contributed by atoms with E-state index in [1.54, 1.807) is 0 Å². The molecule has 1 saturated carbocycles. The summed E-state index contributed by atoms with van der Waals surface area (Å²) >= 11 is 0. The van der Waals surface area contributed by atoms with Crippen LogP contribution in [0.2, 0.25) is 0 Å². The Morgan fingerprint density at radius 3 is 2.32 bits per heavy atom. The monoisotopic (exact) mass is 267 g/mol. The van der Waals surface area contributed by atoms with Gasteiger partial charge in [-0.3, -0.25) is 10.2 Å². The molecular formula is C15H29N3O. The number of piperidine rings is 1. The third-order valence-electron chi connectivity index (χ3n) is 5.06. The average molecular weight is 267 g/mol. The van der Waals surface area contributed by atoms with Crippen LogP contribution >= 0.6 is 0 Å². The Kier molecular flexibility index (Phi) is 4.85. The number of hydrogen-bond acceptors (Lipinski definition) is 3. The van der Waals surface area contributed by atoms with Gasteiger partial charge in [-0.15, -0.1) is 0 Å².